The van der Waals surface area contributed by atoms with Crippen LogP contribution >= 0.6 is 0 Å². The lowest BCUT2D eigenvalue weighted by Gasteiger charge is -2.73. The lowest BCUT2D eigenvalue weighted by molar-refractivity contribution is -0.246. The third kappa shape index (κ3) is 2.65. The van der Waals surface area contributed by atoms with Crippen molar-refractivity contribution in [3.05, 3.63) is 12.2 Å². The lowest BCUT2D eigenvalue weighted by Crippen LogP contribution is -2.66. The first kappa shape index (κ1) is 22.5. The van der Waals surface area contributed by atoms with Crippen molar-refractivity contribution in [2.45, 2.75) is 119 Å². The van der Waals surface area contributed by atoms with Gasteiger partial charge in [-0.3, -0.25) is 0 Å². The largest absolute Gasteiger partial charge is 0.393 e. The second-order valence-corrected chi connectivity index (χ2v) is 14.7. The molecule has 5 aliphatic rings. The fourth-order valence-corrected chi connectivity index (χ4v) is 11.5. The molecule has 0 spiro atoms. The third-order valence-corrected chi connectivity index (χ3v) is 13.5. The average Bonchev–Trinajstić information content (AvgIpc) is 3.04. The molecule has 1 heteroatoms. The van der Waals surface area contributed by atoms with E-state index in [2.05, 4.69) is 55.0 Å². The van der Waals surface area contributed by atoms with Crippen molar-refractivity contribution in [3.63, 3.8) is 0 Å². The Labute approximate surface area is 192 Å². The van der Waals surface area contributed by atoms with Gasteiger partial charge in [0.05, 0.1) is 6.10 Å². The molecular formula is C30H50O. The van der Waals surface area contributed by atoms with Crippen LogP contribution in [0.2, 0.25) is 0 Å². The van der Waals surface area contributed by atoms with Crippen LogP contribution in [-0.2, 0) is 0 Å². The summed E-state index contributed by atoms with van der Waals surface area (Å²) in [5.41, 5.74) is 3.38. The molecule has 0 aromatic rings. The Morgan fingerprint density at radius 1 is 0.742 bits per heavy atom. The predicted molar refractivity (Wildman–Crippen MR) is 131 cm³/mol. The first-order valence-electron chi connectivity index (χ1n) is 13.6. The zero-order valence-electron chi connectivity index (χ0n) is 21.7. The van der Waals surface area contributed by atoms with Gasteiger partial charge in [0.25, 0.3) is 0 Å². The Balaban J connectivity index is 1.54. The molecule has 1 N–H and O–H groups in total. The molecule has 0 saturated heterocycles. The number of hydrogen-bond acceptors (Lipinski definition) is 1. The van der Waals surface area contributed by atoms with E-state index in [1.807, 2.05) is 0 Å². The number of fused-ring (bicyclic) bond motifs is 7. The maximum atomic E-state index is 10.9. The molecule has 0 aromatic carbocycles. The number of allylic oxidation sites excluding steroid dienone is 1. The van der Waals surface area contributed by atoms with Crippen molar-refractivity contribution < 1.29 is 5.11 Å². The summed E-state index contributed by atoms with van der Waals surface area (Å²) in [6, 6.07) is 0. The number of aliphatic hydroxyl groups is 1. The third-order valence-electron chi connectivity index (χ3n) is 13.5. The van der Waals surface area contributed by atoms with Gasteiger partial charge in [-0.25, -0.2) is 0 Å². The Kier molecular flexibility index (Phi) is 4.82. The molecule has 0 amide bonds. The average molecular weight is 427 g/mol. The highest BCUT2D eigenvalue weighted by atomic mass is 16.3. The number of aliphatic hydroxyl groups excluding tert-OH is 1. The molecule has 10 atom stereocenters. The van der Waals surface area contributed by atoms with Gasteiger partial charge in [-0.05, 0) is 128 Å². The molecule has 5 saturated carbocycles. The van der Waals surface area contributed by atoms with Crippen LogP contribution in [-0.4, -0.2) is 11.2 Å². The Hall–Kier alpha value is -0.300. The van der Waals surface area contributed by atoms with Crippen molar-refractivity contribution in [3.8, 4) is 0 Å². The Morgan fingerprint density at radius 2 is 1.45 bits per heavy atom. The smallest absolute Gasteiger partial charge is 0.0594 e. The van der Waals surface area contributed by atoms with Crippen molar-refractivity contribution in [1.29, 1.82) is 0 Å². The highest BCUT2D eigenvalue weighted by molar-refractivity contribution is 5.21. The first-order chi connectivity index (χ1) is 14.3. The van der Waals surface area contributed by atoms with Crippen molar-refractivity contribution in [2.75, 3.05) is 0 Å². The minimum Gasteiger partial charge on any atom is -0.393 e. The minimum atomic E-state index is -0.118. The van der Waals surface area contributed by atoms with E-state index in [4.69, 9.17) is 0 Å². The van der Waals surface area contributed by atoms with Crippen LogP contribution in [0.3, 0.4) is 0 Å². The van der Waals surface area contributed by atoms with Crippen LogP contribution in [0, 0.1) is 56.7 Å². The van der Waals surface area contributed by atoms with Gasteiger partial charge in [0.2, 0.25) is 0 Å². The number of rotatable bonds is 1. The molecule has 0 heterocycles. The van der Waals surface area contributed by atoms with Crippen LogP contribution < -0.4 is 0 Å². The van der Waals surface area contributed by atoms with E-state index in [1.165, 1.54) is 63.4 Å². The summed E-state index contributed by atoms with van der Waals surface area (Å²) in [6.45, 7) is 22.3. The summed E-state index contributed by atoms with van der Waals surface area (Å²) in [5, 5.41) is 10.9. The topological polar surface area (TPSA) is 20.2 Å². The van der Waals surface area contributed by atoms with E-state index < -0.39 is 0 Å². The molecule has 176 valence electrons. The Morgan fingerprint density at radius 3 is 2.13 bits per heavy atom. The zero-order chi connectivity index (χ0) is 22.6. The van der Waals surface area contributed by atoms with Crippen molar-refractivity contribution >= 4 is 0 Å². The maximum Gasteiger partial charge on any atom is 0.0594 e. The van der Waals surface area contributed by atoms with Crippen molar-refractivity contribution in [2.24, 2.45) is 56.7 Å². The molecule has 0 aromatic heterocycles. The van der Waals surface area contributed by atoms with E-state index in [9.17, 15) is 5.11 Å². The van der Waals surface area contributed by atoms with E-state index in [0.717, 1.165) is 30.1 Å². The SMILES string of the molecule is C=C(C)[C@@H]1CC[C@]2(C)CC[C@]3(C)[C@H](CC[C@H]4[C@@]5(C)CC[C@H](O)C(C)(C)[C@H]5CC[C@]43C)[C@@H]12. The summed E-state index contributed by atoms with van der Waals surface area (Å²) in [6.07, 6.45) is 13.4. The molecule has 5 fully saturated rings. The molecule has 5 aliphatic carbocycles. The van der Waals surface area contributed by atoms with Gasteiger partial charge in [0.15, 0.2) is 0 Å². The quantitative estimate of drug-likeness (QED) is 0.421. The molecule has 0 aliphatic heterocycles. The number of hydrogen-bond donors (Lipinski definition) is 1. The zero-order valence-corrected chi connectivity index (χ0v) is 21.7. The maximum absolute atomic E-state index is 10.9. The van der Waals surface area contributed by atoms with Crippen LogP contribution in [0.25, 0.3) is 0 Å². The van der Waals surface area contributed by atoms with E-state index in [-0.39, 0.29) is 11.5 Å². The monoisotopic (exact) mass is 426 g/mol. The molecule has 31 heavy (non-hydrogen) atoms. The lowest BCUT2D eigenvalue weighted by atomic mass is 9.32. The fraction of sp³-hybridized carbons (Fsp3) is 0.933. The summed E-state index contributed by atoms with van der Waals surface area (Å²) in [7, 11) is 0. The van der Waals surface area contributed by atoms with Gasteiger partial charge >= 0.3 is 0 Å². The summed E-state index contributed by atoms with van der Waals surface area (Å²) in [5.74, 6) is 3.98. The van der Waals surface area contributed by atoms with Gasteiger partial charge in [-0.15, -0.1) is 0 Å². The molecule has 0 unspecified atom stereocenters. The summed E-state index contributed by atoms with van der Waals surface area (Å²) in [4.78, 5) is 0. The molecule has 0 bridgehead atoms. The standard InChI is InChI=1S/C30H50O/c1-19(2)20-11-14-27(5)17-18-29(7)21(25(20)27)9-10-23-28(6)15-13-24(31)26(3,4)22(28)12-16-30(23,29)8/h20-25,31H,1,9-18H2,2-8H3/t20-,21+,22+,23-,24-,25+,27+,28-,29+,30+/m0/s1. The first-order valence-corrected chi connectivity index (χ1v) is 13.6. The minimum absolute atomic E-state index is 0.0632. The molecule has 0 radical (unpaired) electrons. The summed E-state index contributed by atoms with van der Waals surface area (Å²) >= 11 is 0. The van der Waals surface area contributed by atoms with Crippen LogP contribution in [0.1, 0.15) is 113 Å². The highest BCUT2D eigenvalue weighted by Gasteiger charge is 2.70. The molecule has 5 rings (SSSR count). The second kappa shape index (κ2) is 6.64. The molecular weight excluding hydrogens is 376 g/mol. The predicted octanol–water partition coefficient (Wildman–Crippen LogP) is 8.02. The van der Waals surface area contributed by atoms with Crippen LogP contribution in [0.4, 0.5) is 0 Å². The van der Waals surface area contributed by atoms with E-state index in [0.29, 0.717) is 27.6 Å². The van der Waals surface area contributed by atoms with Gasteiger partial charge in [-0.1, -0.05) is 53.7 Å². The van der Waals surface area contributed by atoms with Gasteiger partial charge in [0.1, 0.15) is 0 Å². The fourth-order valence-electron chi connectivity index (χ4n) is 11.5. The van der Waals surface area contributed by atoms with Gasteiger partial charge < -0.3 is 5.11 Å². The normalized spacial score (nSPS) is 57.9. The highest BCUT2D eigenvalue weighted by Crippen LogP contribution is 2.77. The second-order valence-electron chi connectivity index (χ2n) is 14.7. The van der Waals surface area contributed by atoms with Crippen molar-refractivity contribution in [1.82, 2.24) is 0 Å². The van der Waals surface area contributed by atoms with Gasteiger partial charge in [0, 0.05) is 0 Å². The van der Waals surface area contributed by atoms with E-state index >= 15 is 0 Å². The van der Waals surface area contributed by atoms with E-state index in [1.54, 1.807) is 0 Å². The molecule has 1 nitrogen and oxygen atoms in total. The van der Waals surface area contributed by atoms with Gasteiger partial charge in [-0.2, -0.15) is 0 Å². The Bertz CT molecular complexity index is 766. The van der Waals surface area contributed by atoms with Crippen LogP contribution in [0.15, 0.2) is 12.2 Å². The van der Waals surface area contributed by atoms with Crippen LogP contribution in [0.5, 0.6) is 0 Å². The summed E-state index contributed by atoms with van der Waals surface area (Å²) < 4.78 is 0.